The van der Waals surface area contributed by atoms with Crippen molar-refractivity contribution < 1.29 is 13.9 Å². The molecule has 0 saturated carbocycles. The Bertz CT molecular complexity index is 968. The maximum atomic E-state index is 13.3. The molecule has 1 amide bonds. The molecule has 3 rings (SSSR count). The van der Waals surface area contributed by atoms with Crippen LogP contribution in [0.1, 0.15) is 23.0 Å². The van der Waals surface area contributed by atoms with E-state index in [0.717, 1.165) is 10.0 Å². The number of hydrogen-bond acceptors (Lipinski definition) is 3. The van der Waals surface area contributed by atoms with Gasteiger partial charge in [-0.15, -0.1) is 0 Å². The molecular formula is C20H18BrClFN3O2. The first-order chi connectivity index (χ1) is 13.3. The van der Waals surface area contributed by atoms with Gasteiger partial charge in [-0.25, -0.2) is 9.37 Å². The van der Waals surface area contributed by atoms with E-state index in [0.29, 0.717) is 22.2 Å². The third-order valence-corrected chi connectivity index (χ3v) is 4.91. The van der Waals surface area contributed by atoms with Crippen molar-refractivity contribution in [1.29, 1.82) is 0 Å². The van der Waals surface area contributed by atoms with Crippen LogP contribution in [0.25, 0.3) is 0 Å². The molecule has 146 valence electrons. The molecule has 5 nitrogen and oxygen atoms in total. The standard InChI is InChI=1S/C20H18BrClFN3O2/c1-12-9-14(21)10-16(22)19(12)28-11-17(27)25-18(20-24-7-8-26(20)2)13-3-5-15(23)6-4-13/h3-10,18H,11H2,1-2H3,(H,25,27). The van der Waals surface area contributed by atoms with Gasteiger partial charge < -0.3 is 14.6 Å². The zero-order chi connectivity index (χ0) is 20.3. The van der Waals surface area contributed by atoms with Gasteiger partial charge in [-0.2, -0.15) is 0 Å². The number of amides is 1. The van der Waals surface area contributed by atoms with Crippen molar-refractivity contribution in [3.8, 4) is 5.75 Å². The fourth-order valence-corrected chi connectivity index (χ4v) is 3.84. The number of ether oxygens (including phenoxy) is 1. The number of nitrogens with one attached hydrogen (secondary N) is 1. The van der Waals surface area contributed by atoms with Crippen LogP contribution in [0.3, 0.4) is 0 Å². The van der Waals surface area contributed by atoms with E-state index in [1.54, 1.807) is 35.2 Å². The number of benzene rings is 2. The molecule has 0 radical (unpaired) electrons. The smallest absolute Gasteiger partial charge is 0.258 e. The zero-order valence-corrected chi connectivity index (χ0v) is 17.6. The summed E-state index contributed by atoms with van der Waals surface area (Å²) >= 11 is 9.57. The minimum Gasteiger partial charge on any atom is -0.482 e. The van der Waals surface area contributed by atoms with Crippen LogP contribution in [0.15, 0.2) is 53.3 Å². The van der Waals surface area contributed by atoms with E-state index in [-0.39, 0.29) is 18.3 Å². The average Bonchev–Trinajstić information content (AvgIpc) is 3.05. The second kappa shape index (κ2) is 8.75. The molecule has 1 atom stereocenters. The van der Waals surface area contributed by atoms with Crippen molar-refractivity contribution >= 4 is 33.4 Å². The minimum atomic E-state index is -0.543. The Morgan fingerprint density at radius 2 is 2.07 bits per heavy atom. The molecular weight excluding hydrogens is 449 g/mol. The van der Waals surface area contributed by atoms with Crippen LogP contribution >= 0.6 is 27.5 Å². The maximum absolute atomic E-state index is 13.3. The molecule has 2 aromatic carbocycles. The second-order valence-corrected chi connectivity index (χ2v) is 7.59. The first kappa shape index (κ1) is 20.4. The summed E-state index contributed by atoms with van der Waals surface area (Å²) in [6.07, 6.45) is 3.42. The number of nitrogens with zero attached hydrogens (tertiary/aromatic N) is 2. The highest BCUT2D eigenvalue weighted by Gasteiger charge is 2.21. The Morgan fingerprint density at radius 3 is 2.68 bits per heavy atom. The van der Waals surface area contributed by atoms with Gasteiger partial charge in [0.2, 0.25) is 0 Å². The van der Waals surface area contributed by atoms with Crippen LogP contribution in [-0.2, 0) is 11.8 Å². The van der Waals surface area contributed by atoms with E-state index in [2.05, 4.69) is 26.2 Å². The predicted octanol–water partition coefficient (Wildman–Crippen LogP) is 4.57. The van der Waals surface area contributed by atoms with E-state index in [1.807, 2.05) is 20.0 Å². The Morgan fingerprint density at radius 1 is 1.36 bits per heavy atom. The highest BCUT2D eigenvalue weighted by atomic mass is 79.9. The third kappa shape index (κ3) is 4.72. The van der Waals surface area contributed by atoms with Crippen LogP contribution < -0.4 is 10.1 Å². The molecule has 3 aromatic rings. The minimum absolute atomic E-state index is 0.218. The van der Waals surface area contributed by atoms with Crippen molar-refractivity contribution in [3.05, 3.63) is 81.1 Å². The molecule has 1 unspecified atom stereocenters. The number of imidazole rings is 1. The number of rotatable bonds is 6. The maximum Gasteiger partial charge on any atom is 0.258 e. The molecule has 0 spiro atoms. The van der Waals surface area contributed by atoms with E-state index in [1.165, 1.54) is 12.1 Å². The zero-order valence-electron chi connectivity index (χ0n) is 15.2. The summed E-state index contributed by atoms with van der Waals surface area (Å²) in [5.41, 5.74) is 1.52. The first-order valence-electron chi connectivity index (χ1n) is 8.45. The Kier molecular flexibility index (Phi) is 6.36. The van der Waals surface area contributed by atoms with Crippen molar-refractivity contribution in [1.82, 2.24) is 14.9 Å². The highest BCUT2D eigenvalue weighted by Crippen LogP contribution is 2.32. The van der Waals surface area contributed by atoms with E-state index in [9.17, 15) is 9.18 Å². The molecule has 8 heteroatoms. The van der Waals surface area contributed by atoms with Gasteiger partial charge >= 0.3 is 0 Å². The summed E-state index contributed by atoms with van der Waals surface area (Å²) in [6, 6.07) is 8.94. The molecule has 0 saturated heterocycles. The summed E-state index contributed by atoms with van der Waals surface area (Å²) in [6.45, 7) is 1.63. The Labute approximate surface area is 175 Å². The molecule has 1 N–H and O–H groups in total. The topological polar surface area (TPSA) is 56.1 Å². The van der Waals surface area contributed by atoms with E-state index in [4.69, 9.17) is 16.3 Å². The lowest BCUT2D eigenvalue weighted by Crippen LogP contribution is -2.34. The molecule has 0 aliphatic rings. The highest BCUT2D eigenvalue weighted by molar-refractivity contribution is 9.10. The summed E-state index contributed by atoms with van der Waals surface area (Å²) in [4.78, 5) is 16.9. The number of hydrogen-bond donors (Lipinski definition) is 1. The fraction of sp³-hybridized carbons (Fsp3) is 0.200. The molecule has 1 aromatic heterocycles. The van der Waals surface area contributed by atoms with Gasteiger partial charge in [-0.05, 0) is 42.3 Å². The molecule has 0 fully saturated rings. The number of aryl methyl sites for hydroxylation is 2. The predicted molar refractivity (Wildman–Crippen MR) is 109 cm³/mol. The number of halogens is 3. The monoisotopic (exact) mass is 465 g/mol. The summed E-state index contributed by atoms with van der Waals surface area (Å²) in [7, 11) is 1.83. The van der Waals surface area contributed by atoms with E-state index >= 15 is 0 Å². The van der Waals surface area contributed by atoms with Gasteiger partial charge in [0.15, 0.2) is 6.61 Å². The summed E-state index contributed by atoms with van der Waals surface area (Å²) < 4.78 is 21.6. The van der Waals surface area contributed by atoms with Crippen molar-refractivity contribution in [2.75, 3.05) is 6.61 Å². The van der Waals surface area contributed by atoms with Gasteiger partial charge in [-0.3, -0.25) is 4.79 Å². The largest absolute Gasteiger partial charge is 0.482 e. The second-order valence-electron chi connectivity index (χ2n) is 6.27. The van der Waals surface area contributed by atoms with Crippen molar-refractivity contribution in [2.24, 2.45) is 7.05 Å². The van der Waals surface area contributed by atoms with Gasteiger partial charge in [0, 0.05) is 23.9 Å². The molecule has 28 heavy (non-hydrogen) atoms. The van der Waals surface area contributed by atoms with Gasteiger partial charge in [0.25, 0.3) is 5.91 Å². The van der Waals surface area contributed by atoms with Crippen LogP contribution in [0.2, 0.25) is 5.02 Å². The average molecular weight is 467 g/mol. The summed E-state index contributed by atoms with van der Waals surface area (Å²) in [5, 5.41) is 3.31. The van der Waals surface area contributed by atoms with Crippen molar-refractivity contribution in [2.45, 2.75) is 13.0 Å². The fourth-order valence-electron chi connectivity index (χ4n) is 2.82. The summed E-state index contributed by atoms with van der Waals surface area (Å²) in [5.74, 6) is 0.376. The van der Waals surface area contributed by atoms with Crippen molar-refractivity contribution in [3.63, 3.8) is 0 Å². The lowest BCUT2D eigenvalue weighted by atomic mass is 10.1. The van der Waals surface area contributed by atoms with Gasteiger partial charge in [0.1, 0.15) is 23.4 Å². The molecule has 1 heterocycles. The SMILES string of the molecule is Cc1cc(Br)cc(Cl)c1OCC(=O)NC(c1ccc(F)cc1)c1nccn1C. The normalized spacial score (nSPS) is 11.9. The van der Waals surface area contributed by atoms with Crippen LogP contribution in [0.4, 0.5) is 4.39 Å². The van der Waals surface area contributed by atoms with Gasteiger partial charge in [-0.1, -0.05) is 39.7 Å². The van der Waals surface area contributed by atoms with Crippen LogP contribution in [-0.4, -0.2) is 22.1 Å². The van der Waals surface area contributed by atoms with Crippen LogP contribution in [0.5, 0.6) is 5.75 Å². The molecule has 0 aliphatic carbocycles. The Balaban J connectivity index is 1.77. The lowest BCUT2D eigenvalue weighted by Gasteiger charge is -2.20. The number of aromatic nitrogens is 2. The lowest BCUT2D eigenvalue weighted by molar-refractivity contribution is -0.123. The molecule has 0 aliphatic heterocycles. The number of carbonyl (C=O) groups is 1. The number of carbonyl (C=O) groups excluding carboxylic acids is 1. The third-order valence-electron chi connectivity index (χ3n) is 4.17. The quantitative estimate of drug-likeness (QED) is 0.579. The van der Waals surface area contributed by atoms with Crippen LogP contribution in [0, 0.1) is 12.7 Å². The first-order valence-corrected chi connectivity index (χ1v) is 9.62. The Hall–Kier alpha value is -2.38. The van der Waals surface area contributed by atoms with E-state index < -0.39 is 6.04 Å². The van der Waals surface area contributed by atoms with Gasteiger partial charge in [0.05, 0.1) is 5.02 Å². The molecule has 0 bridgehead atoms.